The summed E-state index contributed by atoms with van der Waals surface area (Å²) in [5.74, 6) is 0.845. The molecule has 5 nitrogen and oxygen atoms in total. The molecule has 0 amide bonds. The fourth-order valence-electron chi connectivity index (χ4n) is 3.00. The van der Waals surface area contributed by atoms with Crippen molar-refractivity contribution >= 4 is 5.96 Å². The Labute approximate surface area is 159 Å². The Morgan fingerprint density at radius 2 is 1.65 bits per heavy atom. The maximum absolute atomic E-state index is 4.33. The summed E-state index contributed by atoms with van der Waals surface area (Å²) in [5, 5.41) is 6.83. The van der Waals surface area contributed by atoms with E-state index in [1.165, 1.54) is 43.5 Å². The molecule has 26 heavy (non-hydrogen) atoms. The maximum Gasteiger partial charge on any atom is 0.191 e. The smallest absolute Gasteiger partial charge is 0.191 e. The Balaban J connectivity index is 1.78. The predicted octanol–water partition coefficient (Wildman–Crippen LogP) is 2.68. The van der Waals surface area contributed by atoms with Crippen molar-refractivity contribution in [2.45, 2.75) is 51.7 Å². The van der Waals surface area contributed by atoms with Gasteiger partial charge in [0, 0.05) is 32.2 Å². The molecule has 1 heterocycles. The highest BCUT2D eigenvalue weighted by atomic mass is 15.2. The molecule has 0 radical (unpaired) electrons. The van der Waals surface area contributed by atoms with Crippen molar-refractivity contribution in [1.82, 2.24) is 20.4 Å². The van der Waals surface area contributed by atoms with Crippen molar-refractivity contribution < 1.29 is 0 Å². The van der Waals surface area contributed by atoms with E-state index >= 15 is 0 Å². The van der Waals surface area contributed by atoms with Crippen molar-refractivity contribution in [1.29, 1.82) is 0 Å². The third kappa shape index (κ3) is 6.61. The van der Waals surface area contributed by atoms with Crippen LogP contribution in [0.25, 0.3) is 0 Å². The van der Waals surface area contributed by atoms with Gasteiger partial charge in [0.15, 0.2) is 5.96 Å². The van der Waals surface area contributed by atoms with Gasteiger partial charge in [-0.25, -0.2) is 0 Å². The zero-order valence-electron chi connectivity index (χ0n) is 17.3. The molecule has 1 aliphatic rings. The van der Waals surface area contributed by atoms with Gasteiger partial charge in [0.05, 0.1) is 0 Å². The first-order valence-electron chi connectivity index (χ1n) is 9.83. The molecule has 1 saturated heterocycles. The minimum absolute atomic E-state index is 0.0771. The van der Waals surface area contributed by atoms with E-state index in [0.29, 0.717) is 0 Å². The molecule has 1 fully saturated rings. The number of piperidine rings is 1. The summed E-state index contributed by atoms with van der Waals surface area (Å²) in [7, 11) is 6.02. The van der Waals surface area contributed by atoms with Crippen molar-refractivity contribution in [3.05, 3.63) is 35.4 Å². The Morgan fingerprint density at radius 3 is 2.23 bits per heavy atom. The first kappa shape index (κ1) is 20.7. The second-order valence-corrected chi connectivity index (χ2v) is 8.14. The van der Waals surface area contributed by atoms with Crippen LogP contribution in [0, 0.1) is 0 Å². The molecule has 5 heteroatoms. The number of benzene rings is 1. The van der Waals surface area contributed by atoms with Crippen LogP contribution in [0.2, 0.25) is 0 Å². The van der Waals surface area contributed by atoms with Gasteiger partial charge in [0.1, 0.15) is 0 Å². The number of aliphatic imine (C=N–C) groups is 1. The van der Waals surface area contributed by atoms with Gasteiger partial charge in [-0.2, -0.15) is 0 Å². The van der Waals surface area contributed by atoms with Gasteiger partial charge in [-0.1, -0.05) is 30.7 Å². The number of rotatable bonds is 7. The van der Waals surface area contributed by atoms with E-state index in [2.05, 4.69) is 77.6 Å². The van der Waals surface area contributed by atoms with Crippen LogP contribution in [0.1, 0.15) is 44.2 Å². The summed E-state index contributed by atoms with van der Waals surface area (Å²) in [6.45, 7) is 9.63. The monoisotopic (exact) mass is 359 g/mol. The first-order valence-corrected chi connectivity index (χ1v) is 9.83. The quantitative estimate of drug-likeness (QED) is 0.580. The molecule has 0 unspecified atom stereocenters. The highest BCUT2D eigenvalue weighted by Crippen LogP contribution is 2.13. The van der Waals surface area contributed by atoms with E-state index in [9.17, 15) is 0 Å². The number of likely N-dealkylation sites (N-methyl/N-ethyl adjacent to an activating group) is 1. The Bertz CT molecular complexity index is 556. The standard InChI is InChI=1S/C21H37N5/c1-21(2,25(4)5)17-24-20(22-3)23-15-18-9-11-19(12-10-18)16-26-13-7-6-8-14-26/h9-12H,6-8,13-17H2,1-5H3,(H2,22,23,24). The fourth-order valence-corrected chi connectivity index (χ4v) is 3.00. The lowest BCUT2D eigenvalue weighted by Gasteiger charge is -2.33. The van der Waals surface area contributed by atoms with Crippen LogP contribution in [-0.2, 0) is 13.1 Å². The average Bonchev–Trinajstić information content (AvgIpc) is 2.64. The van der Waals surface area contributed by atoms with Crippen LogP contribution >= 0.6 is 0 Å². The molecule has 2 rings (SSSR count). The van der Waals surface area contributed by atoms with Crippen molar-refractivity contribution in [3.63, 3.8) is 0 Å². The summed E-state index contributed by atoms with van der Waals surface area (Å²) >= 11 is 0. The maximum atomic E-state index is 4.33. The van der Waals surface area contributed by atoms with E-state index in [0.717, 1.165) is 25.6 Å². The van der Waals surface area contributed by atoms with E-state index in [1.54, 1.807) is 0 Å². The summed E-state index contributed by atoms with van der Waals surface area (Å²) < 4.78 is 0. The topological polar surface area (TPSA) is 42.9 Å². The summed E-state index contributed by atoms with van der Waals surface area (Å²) in [4.78, 5) is 9.11. The lowest BCUT2D eigenvalue weighted by Crippen LogP contribution is -2.50. The van der Waals surface area contributed by atoms with Gasteiger partial charge in [0.25, 0.3) is 0 Å². The van der Waals surface area contributed by atoms with E-state index < -0.39 is 0 Å². The number of likely N-dealkylation sites (tertiary alicyclic amines) is 1. The molecule has 2 N–H and O–H groups in total. The number of hydrogen-bond acceptors (Lipinski definition) is 3. The molecule has 0 atom stereocenters. The molecule has 0 aliphatic carbocycles. The molecule has 1 aromatic carbocycles. The molecule has 1 aliphatic heterocycles. The number of guanidine groups is 1. The number of nitrogens with zero attached hydrogens (tertiary/aromatic N) is 3. The minimum Gasteiger partial charge on any atom is -0.355 e. The summed E-state index contributed by atoms with van der Waals surface area (Å²) in [5.41, 5.74) is 2.77. The second kappa shape index (κ2) is 9.93. The zero-order chi connectivity index (χ0) is 19.0. The van der Waals surface area contributed by atoms with Crippen molar-refractivity contribution in [3.8, 4) is 0 Å². The van der Waals surface area contributed by atoms with Crippen LogP contribution in [0.4, 0.5) is 0 Å². The van der Waals surface area contributed by atoms with Crippen molar-refractivity contribution in [2.75, 3.05) is 40.8 Å². The third-order valence-corrected chi connectivity index (χ3v) is 5.46. The normalized spacial score (nSPS) is 16.8. The van der Waals surface area contributed by atoms with Gasteiger partial charge in [-0.15, -0.1) is 0 Å². The van der Waals surface area contributed by atoms with Gasteiger partial charge < -0.3 is 15.5 Å². The third-order valence-electron chi connectivity index (χ3n) is 5.46. The van der Waals surface area contributed by atoms with Gasteiger partial charge in [-0.05, 0) is 65.0 Å². The predicted molar refractivity (Wildman–Crippen MR) is 112 cm³/mol. The minimum atomic E-state index is 0.0771. The number of nitrogens with one attached hydrogen (secondary N) is 2. The average molecular weight is 360 g/mol. The summed E-state index contributed by atoms with van der Waals surface area (Å²) in [6.07, 6.45) is 4.08. The number of hydrogen-bond donors (Lipinski definition) is 2. The zero-order valence-corrected chi connectivity index (χ0v) is 17.3. The van der Waals surface area contributed by atoms with Crippen LogP contribution in [0.5, 0.6) is 0 Å². The largest absolute Gasteiger partial charge is 0.355 e. The van der Waals surface area contributed by atoms with E-state index in [-0.39, 0.29) is 5.54 Å². The van der Waals surface area contributed by atoms with Crippen LogP contribution in [0.3, 0.4) is 0 Å². The van der Waals surface area contributed by atoms with Gasteiger partial charge in [-0.3, -0.25) is 9.89 Å². The molecule has 0 saturated carbocycles. The SMILES string of the molecule is CN=C(NCc1ccc(CN2CCCCC2)cc1)NCC(C)(C)N(C)C. The van der Waals surface area contributed by atoms with Crippen LogP contribution in [0.15, 0.2) is 29.3 Å². The lowest BCUT2D eigenvalue weighted by atomic mass is 10.0. The highest BCUT2D eigenvalue weighted by Gasteiger charge is 2.20. The van der Waals surface area contributed by atoms with E-state index in [4.69, 9.17) is 0 Å². The first-order chi connectivity index (χ1) is 12.4. The fraction of sp³-hybridized carbons (Fsp3) is 0.667. The van der Waals surface area contributed by atoms with Crippen LogP contribution < -0.4 is 10.6 Å². The molecule has 1 aromatic rings. The second-order valence-electron chi connectivity index (χ2n) is 8.14. The molecular formula is C21H37N5. The molecule has 0 aromatic heterocycles. The molecule has 0 bridgehead atoms. The summed E-state index contributed by atoms with van der Waals surface area (Å²) in [6, 6.07) is 8.97. The molecule has 146 valence electrons. The molecule has 0 spiro atoms. The Hall–Kier alpha value is -1.59. The Kier molecular flexibility index (Phi) is 7.91. The molecular weight excluding hydrogens is 322 g/mol. The van der Waals surface area contributed by atoms with Gasteiger partial charge >= 0.3 is 0 Å². The highest BCUT2D eigenvalue weighted by molar-refractivity contribution is 5.79. The van der Waals surface area contributed by atoms with E-state index in [1.807, 2.05) is 7.05 Å². The lowest BCUT2D eigenvalue weighted by molar-refractivity contribution is 0.197. The Morgan fingerprint density at radius 1 is 1.04 bits per heavy atom. The van der Waals surface area contributed by atoms with Crippen molar-refractivity contribution in [2.24, 2.45) is 4.99 Å². The van der Waals surface area contributed by atoms with Crippen LogP contribution in [-0.4, -0.2) is 62.1 Å². The van der Waals surface area contributed by atoms with Gasteiger partial charge in [0.2, 0.25) is 0 Å².